The van der Waals surface area contributed by atoms with Gasteiger partial charge in [0.15, 0.2) is 5.78 Å². The van der Waals surface area contributed by atoms with E-state index < -0.39 is 0 Å². The second kappa shape index (κ2) is 6.21. The molecule has 0 aromatic rings. The first-order valence-corrected chi connectivity index (χ1v) is 9.98. The van der Waals surface area contributed by atoms with Gasteiger partial charge in [-0.3, -0.25) is 4.79 Å². The van der Waals surface area contributed by atoms with Crippen LogP contribution in [0.4, 0.5) is 0 Å². The minimum absolute atomic E-state index is 0.0173. The molecule has 1 nitrogen and oxygen atoms in total. The number of carbonyl (C=O) groups is 1. The Morgan fingerprint density at radius 1 is 1.32 bits per heavy atom. The monoisotopic (exact) mass is 318 g/mol. The summed E-state index contributed by atoms with van der Waals surface area (Å²) in [5.41, 5.74) is 4.73. The van der Waals surface area contributed by atoms with Gasteiger partial charge >= 0.3 is 0 Å². The van der Waals surface area contributed by atoms with Crippen LogP contribution in [0.1, 0.15) is 65.7 Å². The van der Waals surface area contributed by atoms with Gasteiger partial charge in [-0.1, -0.05) is 33.8 Å². The smallest absolute Gasteiger partial charge is 0.151 e. The molecular weight excluding hydrogens is 288 g/mol. The molecule has 3 aliphatic rings. The number of carbonyl (C=O) groups excluding carboxylic acids is 1. The summed E-state index contributed by atoms with van der Waals surface area (Å²) in [5.74, 6) is 2.78. The van der Waals surface area contributed by atoms with Gasteiger partial charge in [0.05, 0.1) is 5.25 Å². The van der Waals surface area contributed by atoms with Crippen LogP contribution in [0.15, 0.2) is 17.9 Å². The summed E-state index contributed by atoms with van der Waals surface area (Å²) in [6.45, 7) is 10.8. The van der Waals surface area contributed by atoms with Gasteiger partial charge in [-0.05, 0) is 60.8 Å². The second-order valence-corrected chi connectivity index (χ2v) is 9.84. The quantitative estimate of drug-likeness (QED) is 0.634. The van der Waals surface area contributed by atoms with Gasteiger partial charge in [0.25, 0.3) is 0 Å². The molecule has 2 heteroatoms. The summed E-state index contributed by atoms with van der Waals surface area (Å²) in [7, 11) is 0. The van der Waals surface area contributed by atoms with Crippen LogP contribution in [0.2, 0.25) is 0 Å². The molecule has 0 aliphatic heterocycles. The summed E-state index contributed by atoms with van der Waals surface area (Å²) >= 11 is 1.82. The van der Waals surface area contributed by atoms with Crippen molar-refractivity contribution < 1.29 is 4.79 Å². The molecule has 0 aromatic carbocycles. The first-order chi connectivity index (χ1) is 10.5. The molecular formula is C20H30OS. The standard InChI is InChI=1S/C20H30OS/c1-5-15-11-16-14(4)8-10-20(9-6-7-17(16)20)12-18(21)19(15)22-13(2)3/h13-14,16-17,19H,1,6-12H2,2-4H3/t14-,16?,17?,19?,20?/m1/s1. The van der Waals surface area contributed by atoms with E-state index in [1.807, 2.05) is 11.8 Å². The molecule has 3 rings (SSSR count). The van der Waals surface area contributed by atoms with Crippen molar-refractivity contribution >= 4 is 17.5 Å². The van der Waals surface area contributed by atoms with E-state index in [9.17, 15) is 4.79 Å². The van der Waals surface area contributed by atoms with Crippen LogP contribution in [-0.2, 0) is 4.79 Å². The van der Waals surface area contributed by atoms with Crippen LogP contribution < -0.4 is 0 Å². The maximum Gasteiger partial charge on any atom is 0.151 e. The zero-order valence-electron chi connectivity index (χ0n) is 14.4. The van der Waals surface area contributed by atoms with Crippen LogP contribution in [0.25, 0.3) is 0 Å². The Bertz CT molecular complexity index is 502. The highest BCUT2D eigenvalue weighted by atomic mass is 32.2. The van der Waals surface area contributed by atoms with Crippen molar-refractivity contribution in [2.45, 2.75) is 76.2 Å². The molecule has 4 unspecified atom stereocenters. The van der Waals surface area contributed by atoms with Crippen molar-refractivity contribution in [1.29, 1.82) is 0 Å². The van der Waals surface area contributed by atoms with Crippen LogP contribution in [-0.4, -0.2) is 16.3 Å². The third kappa shape index (κ3) is 2.74. The molecule has 0 spiro atoms. The zero-order valence-corrected chi connectivity index (χ0v) is 15.2. The first-order valence-electron chi connectivity index (χ1n) is 9.04. The van der Waals surface area contributed by atoms with Crippen molar-refractivity contribution in [3.63, 3.8) is 0 Å². The summed E-state index contributed by atoms with van der Waals surface area (Å²) in [6.07, 6.45) is 8.43. The van der Waals surface area contributed by atoms with Crippen LogP contribution in [0, 0.1) is 23.2 Å². The van der Waals surface area contributed by atoms with E-state index in [0.29, 0.717) is 16.4 Å². The maximum atomic E-state index is 13.1. The molecule has 3 fully saturated rings. The fourth-order valence-corrected chi connectivity index (χ4v) is 6.63. The average molecular weight is 319 g/mol. The Hall–Kier alpha value is -0.460. The number of hydrogen-bond acceptors (Lipinski definition) is 2. The number of Topliss-reactive ketones (excluding diaryl/α,β-unsaturated/α-hetero) is 1. The second-order valence-electron chi connectivity index (χ2n) is 8.16. The Balaban J connectivity index is 1.98. The SMILES string of the molecule is C=C=C1CC2C3CCCC3(CC[C@H]2C)CC(=O)C1SC(C)C. The van der Waals surface area contributed by atoms with Crippen molar-refractivity contribution in [3.8, 4) is 0 Å². The minimum Gasteiger partial charge on any atom is -0.298 e. The maximum absolute atomic E-state index is 13.1. The lowest BCUT2D eigenvalue weighted by atomic mass is 9.55. The third-order valence-corrected chi connectivity index (χ3v) is 7.91. The van der Waals surface area contributed by atoms with E-state index in [2.05, 4.69) is 33.1 Å². The molecule has 122 valence electrons. The summed E-state index contributed by atoms with van der Waals surface area (Å²) in [5, 5.41) is 0.495. The van der Waals surface area contributed by atoms with Gasteiger partial charge in [0.1, 0.15) is 0 Å². The molecule has 0 saturated heterocycles. The highest BCUT2D eigenvalue weighted by Gasteiger charge is 2.53. The van der Waals surface area contributed by atoms with Gasteiger partial charge in [-0.2, -0.15) is 0 Å². The molecule has 22 heavy (non-hydrogen) atoms. The largest absolute Gasteiger partial charge is 0.298 e. The molecule has 2 bridgehead atoms. The van der Waals surface area contributed by atoms with Crippen molar-refractivity contribution in [2.75, 3.05) is 0 Å². The third-order valence-electron chi connectivity index (χ3n) is 6.55. The molecule has 0 aromatic heterocycles. The topological polar surface area (TPSA) is 17.1 Å². The Morgan fingerprint density at radius 2 is 2.09 bits per heavy atom. The van der Waals surface area contributed by atoms with E-state index in [1.165, 1.54) is 37.7 Å². The number of hydrogen-bond donors (Lipinski definition) is 0. The first kappa shape index (κ1) is 16.4. The van der Waals surface area contributed by atoms with E-state index in [4.69, 9.17) is 0 Å². The fourth-order valence-electron chi connectivity index (χ4n) is 5.51. The van der Waals surface area contributed by atoms with Crippen LogP contribution >= 0.6 is 11.8 Å². The Kier molecular flexibility index (Phi) is 4.63. The van der Waals surface area contributed by atoms with E-state index in [-0.39, 0.29) is 5.25 Å². The fraction of sp³-hybridized carbons (Fsp3) is 0.800. The van der Waals surface area contributed by atoms with E-state index in [0.717, 1.165) is 30.6 Å². The molecule has 0 N–H and O–H groups in total. The average Bonchev–Trinajstić information content (AvgIpc) is 2.87. The molecule has 3 aliphatic carbocycles. The highest BCUT2D eigenvalue weighted by molar-refractivity contribution is 8.01. The lowest BCUT2D eigenvalue weighted by Gasteiger charge is -2.49. The van der Waals surface area contributed by atoms with Gasteiger partial charge in [-0.15, -0.1) is 17.5 Å². The van der Waals surface area contributed by atoms with Gasteiger partial charge < -0.3 is 0 Å². The van der Waals surface area contributed by atoms with Crippen molar-refractivity contribution in [3.05, 3.63) is 17.9 Å². The molecule has 0 amide bonds. The van der Waals surface area contributed by atoms with Crippen molar-refractivity contribution in [1.82, 2.24) is 0 Å². The van der Waals surface area contributed by atoms with Crippen LogP contribution in [0.3, 0.4) is 0 Å². The van der Waals surface area contributed by atoms with Crippen molar-refractivity contribution in [2.24, 2.45) is 23.2 Å². The predicted molar refractivity (Wildman–Crippen MR) is 95.1 cm³/mol. The Labute approximate surface area is 140 Å². The molecule has 0 radical (unpaired) electrons. The zero-order chi connectivity index (χ0) is 15.9. The van der Waals surface area contributed by atoms with Gasteiger partial charge in [0.2, 0.25) is 0 Å². The van der Waals surface area contributed by atoms with E-state index >= 15 is 0 Å². The number of ketones is 1. The highest BCUT2D eigenvalue weighted by Crippen LogP contribution is 2.61. The lowest BCUT2D eigenvalue weighted by molar-refractivity contribution is -0.123. The van der Waals surface area contributed by atoms with E-state index in [1.54, 1.807) is 0 Å². The summed E-state index contributed by atoms with van der Waals surface area (Å²) in [6, 6.07) is 0. The summed E-state index contributed by atoms with van der Waals surface area (Å²) < 4.78 is 0. The lowest BCUT2D eigenvalue weighted by Crippen LogP contribution is -2.45. The number of thioether (sulfide) groups is 1. The van der Waals surface area contributed by atoms with Gasteiger partial charge in [0, 0.05) is 11.7 Å². The molecule has 3 saturated carbocycles. The number of rotatable bonds is 2. The van der Waals surface area contributed by atoms with Crippen LogP contribution in [0.5, 0.6) is 0 Å². The molecule has 5 atom stereocenters. The summed E-state index contributed by atoms with van der Waals surface area (Å²) in [4.78, 5) is 13.1. The predicted octanol–water partition coefficient (Wildman–Crippen LogP) is 5.40. The van der Waals surface area contributed by atoms with Gasteiger partial charge in [-0.25, -0.2) is 0 Å². The minimum atomic E-state index is 0.0173. The normalized spacial score (nSPS) is 41.8. The Morgan fingerprint density at radius 3 is 2.77 bits per heavy atom. The molecule has 0 heterocycles.